The highest BCUT2D eigenvalue weighted by atomic mass is 16.5. The minimum Gasteiger partial charge on any atom is -0.378 e. The first-order valence-corrected chi connectivity index (χ1v) is 9.18. The van der Waals surface area contributed by atoms with E-state index in [9.17, 15) is 9.59 Å². The fourth-order valence-electron chi connectivity index (χ4n) is 4.16. The Morgan fingerprint density at radius 3 is 3.04 bits per heavy atom. The van der Waals surface area contributed by atoms with E-state index < -0.39 is 0 Å². The highest BCUT2D eigenvalue weighted by Gasteiger charge is 2.34. The Morgan fingerprint density at radius 2 is 2.16 bits per heavy atom. The zero-order valence-corrected chi connectivity index (χ0v) is 14.7. The quantitative estimate of drug-likeness (QED) is 0.848. The zero-order chi connectivity index (χ0) is 17.4. The Kier molecular flexibility index (Phi) is 4.37. The van der Waals surface area contributed by atoms with Crippen LogP contribution in [0.5, 0.6) is 0 Å². The number of hydrogen-bond acceptors (Lipinski definition) is 4. The highest BCUT2D eigenvalue weighted by molar-refractivity contribution is 6.01. The number of fused-ring (bicyclic) bond motifs is 2. The number of piperidine rings is 1. The third kappa shape index (κ3) is 3.23. The molecule has 0 aromatic heterocycles. The van der Waals surface area contributed by atoms with Crippen molar-refractivity contribution in [3.05, 3.63) is 23.8 Å². The van der Waals surface area contributed by atoms with Crippen LogP contribution in [0.1, 0.15) is 36.0 Å². The van der Waals surface area contributed by atoms with Crippen molar-refractivity contribution in [1.82, 2.24) is 4.90 Å². The van der Waals surface area contributed by atoms with Crippen LogP contribution in [0.15, 0.2) is 18.2 Å². The molecular formula is C19H25N3O3. The van der Waals surface area contributed by atoms with E-state index >= 15 is 0 Å². The Hall–Kier alpha value is -2.08. The lowest BCUT2D eigenvalue weighted by Gasteiger charge is -2.41. The molecule has 0 radical (unpaired) electrons. The molecule has 134 valence electrons. The predicted octanol–water partition coefficient (Wildman–Crippen LogP) is 2.11. The van der Waals surface area contributed by atoms with Gasteiger partial charge in [0.15, 0.2) is 0 Å². The molecule has 2 atom stereocenters. The summed E-state index contributed by atoms with van der Waals surface area (Å²) in [5.41, 5.74) is 2.33. The molecule has 1 N–H and O–H groups in total. The Bertz CT molecular complexity index is 690. The van der Waals surface area contributed by atoms with E-state index in [2.05, 4.69) is 5.32 Å². The molecule has 6 heteroatoms. The third-order valence-corrected chi connectivity index (χ3v) is 5.61. The molecule has 2 saturated heterocycles. The van der Waals surface area contributed by atoms with E-state index in [-0.39, 0.29) is 11.8 Å². The summed E-state index contributed by atoms with van der Waals surface area (Å²) in [7, 11) is 1.97. The van der Waals surface area contributed by atoms with E-state index in [1.54, 1.807) is 0 Å². The summed E-state index contributed by atoms with van der Waals surface area (Å²) in [6.45, 7) is 3.05. The summed E-state index contributed by atoms with van der Waals surface area (Å²) < 4.78 is 5.84. The molecule has 3 heterocycles. The number of likely N-dealkylation sites (tertiary alicyclic amines) is 1. The Balaban J connectivity index is 1.53. The van der Waals surface area contributed by atoms with Gasteiger partial charge in [-0.25, -0.2) is 0 Å². The van der Waals surface area contributed by atoms with Crippen molar-refractivity contribution in [2.45, 2.75) is 31.8 Å². The van der Waals surface area contributed by atoms with Crippen LogP contribution in [0.2, 0.25) is 0 Å². The summed E-state index contributed by atoms with van der Waals surface area (Å²) in [6, 6.07) is 5.63. The van der Waals surface area contributed by atoms with Gasteiger partial charge in [-0.1, -0.05) is 0 Å². The molecule has 3 aliphatic heterocycles. The monoisotopic (exact) mass is 343 g/mol. The summed E-state index contributed by atoms with van der Waals surface area (Å²) in [6.07, 6.45) is 3.92. The molecule has 0 unspecified atom stereocenters. The van der Waals surface area contributed by atoms with Crippen LogP contribution in [0.25, 0.3) is 0 Å². The summed E-state index contributed by atoms with van der Waals surface area (Å²) >= 11 is 0. The minimum atomic E-state index is -0.00429. The lowest BCUT2D eigenvalue weighted by molar-refractivity contribution is -0.115. The molecule has 1 aromatic carbocycles. The minimum absolute atomic E-state index is 0.00429. The molecule has 1 aromatic rings. The van der Waals surface area contributed by atoms with Gasteiger partial charge in [0.2, 0.25) is 5.91 Å². The molecule has 25 heavy (non-hydrogen) atoms. The normalized spacial score (nSPS) is 26.4. The second kappa shape index (κ2) is 6.67. The lowest BCUT2D eigenvalue weighted by atomic mass is 9.88. The number of carbonyl (C=O) groups excluding carboxylic acids is 2. The van der Waals surface area contributed by atoms with Crippen LogP contribution in [-0.2, 0) is 9.53 Å². The summed E-state index contributed by atoms with van der Waals surface area (Å²) in [5.74, 6) is 0.501. The van der Waals surface area contributed by atoms with Gasteiger partial charge >= 0.3 is 0 Å². The number of ether oxygens (including phenoxy) is 1. The zero-order valence-electron chi connectivity index (χ0n) is 14.7. The van der Waals surface area contributed by atoms with Crippen LogP contribution in [0, 0.1) is 5.92 Å². The van der Waals surface area contributed by atoms with Gasteiger partial charge in [-0.05, 0) is 37.5 Å². The average molecular weight is 343 g/mol. The number of amides is 2. The van der Waals surface area contributed by atoms with Gasteiger partial charge in [0, 0.05) is 51.2 Å². The van der Waals surface area contributed by atoms with Gasteiger partial charge in [0.25, 0.3) is 5.91 Å². The predicted molar refractivity (Wildman–Crippen MR) is 95.9 cm³/mol. The van der Waals surface area contributed by atoms with Crippen molar-refractivity contribution in [2.24, 2.45) is 5.92 Å². The smallest absolute Gasteiger partial charge is 0.253 e. The van der Waals surface area contributed by atoms with Gasteiger partial charge in [0.05, 0.1) is 17.5 Å². The molecule has 6 nitrogen and oxygen atoms in total. The molecule has 0 saturated carbocycles. The molecule has 2 fully saturated rings. The molecule has 2 amide bonds. The van der Waals surface area contributed by atoms with E-state index in [1.165, 1.54) is 0 Å². The standard InChI is InChI=1S/C19H25N3O3/c1-21-8-7-18(23)20-15-11-13(4-5-16(15)21)19(24)22-9-6-17-14(12-22)3-2-10-25-17/h4-5,11,14,17H,2-3,6-10,12H2,1H3,(H,20,23)/t14-,17-/m1/s1. The second-order valence-corrected chi connectivity index (χ2v) is 7.30. The van der Waals surface area contributed by atoms with Gasteiger partial charge < -0.3 is 19.9 Å². The fraction of sp³-hybridized carbons (Fsp3) is 0.579. The number of hydrogen-bond donors (Lipinski definition) is 1. The molecule has 0 bridgehead atoms. The van der Waals surface area contributed by atoms with E-state index in [1.807, 2.05) is 35.0 Å². The largest absolute Gasteiger partial charge is 0.378 e. The SMILES string of the molecule is CN1CCC(=O)Nc2cc(C(=O)N3CC[C@H]4OCCC[C@@H]4C3)ccc21. The van der Waals surface area contributed by atoms with Gasteiger partial charge in [0.1, 0.15) is 0 Å². The van der Waals surface area contributed by atoms with Crippen LogP contribution < -0.4 is 10.2 Å². The van der Waals surface area contributed by atoms with Gasteiger partial charge in [-0.15, -0.1) is 0 Å². The van der Waals surface area contributed by atoms with E-state index in [0.29, 0.717) is 30.6 Å². The Morgan fingerprint density at radius 1 is 1.28 bits per heavy atom. The fourth-order valence-corrected chi connectivity index (χ4v) is 4.16. The Labute approximate surface area is 148 Å². The van der Waals surface area contributed by atoms with Crippen molar-refractivity contribution in [3.63, 3.8) is 0 Å². The first-order chi connectivity index (χ1) is 12.1. The number of carbonyl (C=O) groups is 2. The topological polar surface area (TPSA) is 61.9 Å². The molecule has 0 spiro atoms. The van der Waals surface area contributed by atoms with Crippen LogP contribution >= 0.6 is 0 Å². The first-order valence-electron chi connectivity index (χ1n) is 9.18. The number of anilines is 2. The average Bonchev–Trinajstić information content (AvgIpc) is 2.78. The van der Waals surface area contributed by atoms with Crippen molar-refractivity contribution in [2.75, 3.05) is 43.5 Å². The molecular weight excluding hydrogens is 318 g/mol. The molecule has 0 aliphatic carbocycles. The number of benzene rings is 1. The second-order valence-electron chi connectivity index (χ2n) is 7.30. The maximum Gasteiger partial charge on any atom is 0.253 e. The van der Waals surface area contributed by atoms with Crippen molar-refractivity contribution in [3.8, 4) is 0 Å². The molecule has 3 aliphatic rings. The number of nitrogens with one attached hydrogen (secondary N) is 1. The summed E-state index contributed by atoms with van der Waals surface area (Å²) in [5, 5.41) is 2.92. The van der Waals surface area contributed by atoms with Crippen LogP contribution in [-0.4, -0.2) is 56.1 Å². The van der Waals surface area contributed by atoms with Crippen molar-refractivity contribution >= 4 is 23.2 Å². The van der Waals surface area contributed by atoms with Crippen molar-refractivity contribution < 1.29 is 14.3 Å². The van der Waals surface area contributed by atoms with Crippen molar-refractivity contribution in [1.29, 1.82) is 0 Å². The first kappa shape index (κ1) is 16.4. The number of nitrogens with zero attached hydrogens (tertiary/aromatic N) is 2. The van der Waals surface area contributed by atoms with E-state index in [0.717, 1.165) is 50.3 Å². The highest BCUT2D eigenvalue weighted by Crippen LogP contribution is 2.32. The van der Waals surface area contributed by atoms with E-state index in [4.69, 9.17) is 4.74 Å². The lowest BCUT2D eigenvalue weighted by Crippen LogP contribution is -2.48. The molecule has 4 rings (SSSR count). The summed E-state index contributed by atoms with van der Waals surface area (Å²) in [4.78, 5) is 28.8. The third-order valence-electron chi connectivity index (χ3n) is 5.61. The van der Waals surface area contributed by atoms with Gasteiger partial charge in [-0.2, -0.15) is 0 Å². The maximum absolute atomic E-state index is 13.0. The van der Waals surface area contributed by atoms with Crippen LogP contribution in [0.4, 0.5) is 11.4 Å². The maximum atomic E-state index is 13.0. The van der Waals surface area contributed by atoms with Gasteiger partial charge in [-0.3, -0.25) is 9.59 Å². The number of rotatable bonds is 1. The van der Waals surface area contributed by atoms with Crippen LogP contribution in [0.3, 0.4) is 0 Å².